The second-order valence-electron chi connectivity index (χ2n) is 5.93. The summed E-state index contributed by atoms with van der Waals surface area (Å²) in [6, 6.07) is 0.278. The van der Waals surface area contributed by atoms with Gasteiger partial charge in [-0.15, -0.1) is 0 Å². The van der Waals surface area contributed by atoms with Gasteiger partial charge in [0, 0.05) is 11.5 Å². The van der Waals surface area contributed by atoms with Gasteiger partial charge < -0.3 is 10.6 Å². The van der Waals surface area contributed by atoms with E-state index in [9.17, 15) is 0 Å². The molecule has 0 radical (unpaired) electrons. The van der Waals surface area contributed by atoms with E-state index in [1.807, 2.05) is 6.92 Å². The Hall–Kier alpha value is -0.570. The lowest BCUT2D eigenvalue weighted by Crippen LogP contribution is -2.45. The summed E-state index contributed by atoms with van der Waals surface area (Å²) in [6.45, 7) is 8.85. The number of nitrogens with zero attached hydrogens (tertiary/aromatic N) is 1. The van der Waals surface area contributed by atoms with Gasteiger partial charge >= 0.3 is 0 Å². The fourth-order valence-electron chi connectivity index (χ4n) is 3.08. The van der Waals surface area contributed by atoms with E-state index in [4.69, 9.17) is 10.6 Å². The molecule has 3 nitrogen and oxygen atoms in total. The van der Waals surface area contributed by atoms with Crippen molar-refractivity contribution in [3.63, 3.8) is 0 Å². The highest BCUT2D eigenvalue weighted by Gasteiger charge is 2.42. The van der Waals surface area contributed by atoms with Gasteiger partial charge in [-0.2, -0.15) is 0 Å². The maximum Gasteiger partial charge on any atom is 0.106 e. The topological polar surface area (TPSA) is 47.6 Å². The quantitative estimate of drug-likeness (QED) is 0.565. The van der Waals surface area contributed by atoms with Gasteiger partial charge in [0.25, 0.3) is 0 Å². The maximum atomic E-state index is 6.12. The molecule has 2 unspecified atom stereocenters. The van der Waals surface area contributed by atoms with Gasteiger partial charge in [-0.25, -0.2) is 0 Å². The summed E-state index contributed by atoms with van der Waals surface area (Å²) < 4.78 is 0. The first kappa shape index (κ1) is 12.5. The highest BCUT2D eigenvalue weighted by molar-refractivity contribution is 5.87. The van der Waals surface area contributed by atoms with E-state index >= 15 is 0 Å². The minimum Gasteiger partial charge on any atom is -0.399 e. The van der Waals surface area contributed by atoms with Gasteiger partial charge in [-0.1, -0.05) is 25.9 Å². The Kier molecular flexibility index (Phi) is 3.44. The second-order valence-corrected chi connectivity index (χ2v) is 5.93. The third kappa shape index (κ3) is 2.94. The molecule has 0 saturated heterocycles. The van der Waals surface area contributed by atoms with Gasteiger partial charge in [0.2, 0.25) is 0 Å². The molecule has 0 aromatic carbocycles. The number of oxime groups is 1. The molecule has 0 aliphatic heterocycles. The Labute approximate surface area is 93.1 Å². The summed E-state index contributed by atoms with van der Waals surface area (Å²) in [7, 11) is 1.60. The van der Waals surface area contributed by atoms with Crippen LogP contribution in [0.4, 0.5) is 0 Å². The molecule has 1 saturated carbocycles. The summed E-state index contributed by atoms with van der Waals surface area (Å²) in [6.07, 6.45) is 3.24. The second kappa shape index (κ2) is 4.12. The van der Waals surface area contributed by atoms with Crippen molar-refractivity contribution in [2.45, 2.75) is 53.0 Å². The van der Waals surface area contributed by atoms with E-state index in [-0.39, 0.29) is 11.5 Å². The summed E-state index contributed by atoms with van der Waals surface area (Å²) >= 11 is 0. The summed E-state index contributed by atoms with van der Waals surface area (Å²) in [5, 5.41) is 4.08. The first-order valence-corrected chi connectivity index (χ1v) is 5.63. The molecular weight excluding hydrogens is 188 g/mol. The number of hydrogen-bond donors (Lipinski definition) is 1. The molecule has 1 aliphatic rings. The molecule has 0 aromatic rings. The molecule has 2 atom stereocenters. The van der Waals surface area contributed by atoms with E-state index in [0.29, 0.717) is 5.41 Å². The average molecular weight is 212 g/mol. The summed E-state index contributed by atoms with van der Waals surface area (Å²) in [5.74, 6) is 0. The number of hydrogen-bond acceptors (Lipinski definition) is 3. The molecule has 0 heterocycles. The lowest BCUT2D eigenvalue weighted by atomic mass is 9.61. The SMILES string of the molecule is CO/N=C(\C)C1(C)CC(N)CC(C)(C)C1. The lowest BCUT2D eigenvalue weighted by molar-refractivity contribution is 0.126. The van der Waals surface area contributed by atoms with E-state index in [0.717, 1.165) is 25.0 Å². The fraction of sp³-hybridized carbons (Fsp3) is 0.917. The van der Waals surface area contributed by atoms with Crippen molar-refractivity contribution in [1.82, 2.24) is 0 Å². The predicted octanol–water partition coefficient (Wildman–Crippen LogP) is 2.55. The molecule has 3 heteroatoms. The smallest absolute Gasteiger partial charge is 0.106 e. The van der Waals surface area contributed by atoms with Gasteiger partial charge in [-0.3, -0.25) is 0 Å². The molecule has 1 aliphatic carbocycles. The number of rotatable bonds is 2. The molecule has 1 rings (SSSR count). The van der Waals surface area contributed by atoms with Gasteiger partial charge in [0.05, 0.1) is 5.71 Å². The molecule has 88 valence electrons. The van der Waals surface area contributed by atoms with Crippen molar-refractivity contribution in [2.24, 2.45) is 21.7 Å². The zero-order chi connectivity index (χ0) is 11.7. The summed E-state index contributed by atoms with van der Waals surface area (Å²) in [5.41, 5.74) is 7.58. The molecule has 1 fully saturated rings. The molecule has 2 N–H and O–H groups in total. The minimum atomic E-state index is 0.0944. The Morgan fingerprint density at radius 2 is 1.93 bits per heavy atom. The van der Waals surface area contributed by atoms with Crippen LogP contribution in [0.15, 0.2) is 5.16 Å². The van der Waals surface area contributed by atoms with Crippen LogP contribution in [0.1, 0.15) is 47.0 Å². The Morgan fingerprint density at radius 3 is 2.40 bits per heavy atom. The van der Waals surface area contributed by atoms with E-state index in [1.165, 1.54) is 0 Å². The van der Waals surface area contributed by atoms with Crippen molar-refractivity contribution < 1.29 is 4.84 Å². The van der Waals surface area contributed by atoms with E-state index in [1.54, 1.807) is 7.11 Å². The monoisotopic (exact) mass is 212 g/mol. The minimum absolute atomic E-state index is 0.0944. The standard InChI is InChI=1S/C12H24N2O/c1-9(14-15-5)12(4)7-10(13)6-11(2,3)8-12/h10H,6-8,13H2,1-5H3/b14-9+. The van der Waals surface area contributed by atoms with Crippen LogP contribution in [-0.4, -0.2) is 18.9 Å². The van der Waals surface area contributed by atoms with Gasteiger partial charge in [-0.05, 0) is 31.6 Å². The van der Waals surface area contributed by atoms with Gasteiger partial charge in [0.15, 0.2) is 0 Å². The van der Waals surface area contributed by atoms with Crippen LogP contribution >= 0.6 is 0 Å². The van der Waals surface area contributed by atoms with Crippen LogP contribution in [0.3, 0.4) is 0 Å². The third-order valence-corrected chi connectivity index (χ3v) is 3.50. The zero-order valence-electron chi connectivity index (χ0n) is 10.6. The highest BCUT2D eigenvalue weighted by atomic mass is 16.6. The van der Waals surface area contributed by atoms with E-state index < -0.39 is 0 Å². The average Bonchev–Trinajstić information content (AvgIpc) is 1.99. The largest absolute Gasteiger partial charge is 0.399 e. The molecule has 0 bridgehead atoms. The predicted molar refractivity (Wildman–Crippen MR) is 63.8 cm³/mol. The summed E-state index contributed by atoms with van der Waals surface area (Å²) in [4.78, 5) is 4.87. The molecule has 0 amide bonds. The Bertz CT molecular complexity index is 260. The van der Waals surface area contributed by atoms with Crippen molar-refractivity contribution in [3.05, 3.63) is 0 Å². The van der Waals surface area contributed by atoms with E-state index in [2.05, 4.69) is 25.9 Å². The third-order valence-electron chi connectivity index (χ3n) is 3.50. The lowest BCUT2D eigenvalue weighted by Gasteiger charge is -2.45. The zero-order valence-corrected chi connectivity index (χ0v) is 10.6. The number of nitrogens with two attached hydrogens (primary N) is 1. The molecule has 0 aromatic heterocycles. The van der Waals surface area contributed by atoms with Crippen molar-refractivity contribution in [2.75, 3.05) is 7.11 Å². The maximum absolute atomic E-state index is 6.12. The fourth-order valence-corrected chi connectivity index (χ4v) is 3.08. The van der Waals surface area contributed by atoms with Gasteiger partial charge in [0.1, 0.15) is 7.11 Å². The van der Waals surface area contributed by atoms with Crippen molar-refractivity contribution >= 4 is 5.71 Å². The molecular formula is C12H24N2O. The molecule has 0 spiro atoms. The van der Waals surface area contributed by atoms with Crippen LogP contribution in [-0.2, 0) is 4.84 Å². The first-order valence-electron chi connectivity index (χ1n) is 5.63. The van der Waals surface area contributed by atoms with Crippen molar-refractivity contribution in [1.29, 1.82) is 0 Å². The Balaban J connectivity index is 2.88. The molecule has 15 heavy (non-hydrogen) atoms. The van der Waals surface area contributed by atoms with Crippen LogP contribution in [0.5, 0.6) is 0 Å². The van der Waals surface area contributed by atoms with Crippen LogP contribution in [0.25, 0.3) is 0 Å². The van der Waals surface area contributed by atoms with Crippen LogP contribution < -0.4 is 5.73 Å². The normalized spacial score (nSPS) is 36.4. The van der Waals surface area contributed by atoms with Crippen LogP contribution in [0, 0.1) is 10.8 Å². The van der Waals surface area contributed by atoms with Crippen molar-refractivity contribution in [3.8, 4) is 0 Å². The highest BCUT2D eigenvalue weighted by Crippen LogP contribution is 2.46. The first-order chi connectivity index (χ1) is 6.79. The Morgan fingerprint density at radius 1 is 1.33 bits per heavy atom. The van der Waals surface area contributed by atoms with Crippen LogP contribution in [0.2, 0.25) is 0 Å².